The molecular weight excluding hydrogens is 284 g/mol. The highest BCUT2D eigenvalue weighted by atomic mass is 32.1. The maximum atomic E-state index is 5.68. The second kappa shape index (κ2) is 6.45. The topological polar surface area (TPSA) is 47.1 Å². The second-order valence-electron chi connectivity index (χ2n) is 4.55. The Balaban J connectivity index is 1.66. The van der Waals surface area contributed by atoms with Gasteiger partial charge >= 0.3 is 0 Å². The van der Waals surface area contributed by atoms with Crippen molar-refractivity contribution >= 4 is 11.3 Å². The van der Waals surface area contributed by atoms with E-state index in [1.165, 1.54) is 5.56 Å². The van der Waals surface area contributed by atoms with Crippen molar-refractivity contribution in [2.24, 2.45) is 0 Å². The van der Waals surface area contributed by atoms with Crippen LogP contribution in [0.4, 0.5) is 0 Å². The minimum atomic E-state index is 0.603. The van der Waals surface area contributed by atoms with Crippen LogP contribution >= 0.6 is 11.3 Å². The molecule has 3 aromatic rings. The van der Waals surface area contributed by atoms with E-state index in [1.807, 2.05) is 30.3 Å². The molecular formula is C16H16N2O2S. The van der Waals surface area contributed by atoms with Crippen LogP contribution in [0.5, 0.6) is 11.6 Å². The van der Waals surface area contributed by atoms with Gasteiger partial charge in [0.15, 0.2) is 0 Å². The van der Waals surface area contributed by atoms with Gasteiger partial charge in [0.25, 0.3) is 0 Å². The summed E-state index contributed by atoms with van der Waals surface area (Å²) in [6.07, 6.45) is 0.889. The van der Waals surface area contributed by atoms with E-state index in [1.54, 1.807) is 18.4 Å². The van der Waals surface area contributed by atoms with Gasteiger partial charge in [-0.3, -0.25) is 5.10 Å². The van der Waals surface area contributed by atoms with E-state index >= 15 is 0 Å². The molecule has 0 amide bonds. The molecule has 0 saturated carbocycles. The number of aromatic amines is 1. The van der Waals surface area contributed by atoms with E-state index in [4.69, 9.17) is 9.47 Å². The molecule has 0 aliphatic rings. The van der Waals surface area contributed by atoms with Crippen LogP contribution in [0.3, 0.4) is 0 Å². The fourth-order valence-corrected chi connectivity index (χ4v) is 2.79. The molecule has 108 valence electrons. The van der Waals surface area contributed by atoms with Gasteiger partial charge in [-0.25, -0.2) is 0 Å². The Kier molecular flexibility index (Phi) is 4.21. The van der Waals surface area contributed by atoms with Crippen molar-refractivity contribution in [2.75, 3.05) is 13.7 Å². The smallest absolute Gasteiger partial charge is 0.233 e. The molecule has 0 aliphatic carbocycles. The summed E-state index contributed by atoms with van der Waals surface area (Å²) < 4.78 is 11.0. The minimum absolute atomic E-state index is 0.603. The Morgan fingerprint density at radius 1 is 1.24 bits per heavy atom. The Labute approximate surface area is 127 Å². The number of hydrogen-bond acceptors (Lipinski definition) is 4. The maximum absolute atomic E-state index is 5.68. The van der Waals surface area contributed by atoms with E-state index in [9.17, 15) is 0 Å². The van der Waals surface area contributed by atoms with Crippen LogP contribution in [0, 0.1) is 0 Å². The lowest BCUT2D eigenvalue weighted by Gasteiger charge is -2.05. The molecule has 2 heterocycles. The molecule has 0 aliphatic heterocycles. The fourth-order valence-electron chi connectivity index (χ4n) is 2.09. The van der Waals surface area contributed by atoms with Gasteiger partial charge < -0.3 is 9.47 Å². The van der Waals surface area contributed by atoms with Gasteiger partial charge in [0.05, 0.1) is 19.4 Å². The summed E-state index contributed by atoms with van der Waals surface area (Å²) in [6.45, 7) is 0.618. The van der Waals surface area contributed by atoms with Gasteiger partial charge in [-0.2, -0.15) is 11.3 Å². The average Bonchev–Trinajstić information content (AvgIpc) is 3.19. The van der Waals surface area contributed by atoms with Crippen LogP contribution in [-0.2, 0) is 6.42 Å². The van der Waals surface area contributed by atoms with Crippen molar-refractivity contribution in [2.45, 2.75) is 6.42 Å². The quantitative estimate of drug-likeness (QED) is 0.754. The zero-order valence-corrected chi connectivity index (χ0v) is 12.5. The van der Waals surface area contributed by atoms with Gasteiger partial charge in [-0.1, -0.05) is 12.1 Å². The highest BCUT2D eigenvalue weighted by Gasteiger charge is 2.09. The minimum Gasteiger partial charge on any atom is -0.496 e. The first-order chi connectivity index (χ1) is 10.4. The first-order valence-corrected chi connectivity index (χ1v) is 7.64. The molecule has 0 atom stereocenters. The molecule has 21 heavy (non-hydrogen) atoms. The van der Waals surface area contributed by atoms with E-state index in [0.717, 1.165) is 23.4 Å². The Hall–Kier alpha value is -2.27. The average molecular weight is 300 g/mol. The monoisotopic (exact) mass is 300 g/mol. The van der Waals surface area contributed by atoms with Gasteiger partial charge in [0, 0.05) is 18.1 Å². The first-order valence-electron chi connectivity index (χ1n) is 6.69. The molecule has 0 spiro atoms. The van der Waals surface area contributed by atoms with Crippen LogP contribution in [0.1, 0.15) is 5.56 Å². The number of H-pyrrole nitrogens is 1. The largest absolute Gasteiger partial charge is 0.496 e. The summed E-state index contributed by atoms with van der Waals surface area (Å²) in [5.74, 6) is 1.41. The number of rotatable bonds is 6. The third-order valence-electron chi connectivity index (χ3n) is 3.17. The van der Waals surface area contributed by atoms with Gasteiger partial charge in [0.1, 0.15) is 5.75 Å². The fraction of sp³-hybridized carbons (Fsp3) is 0.188. The molecule has 0 bridgehead atoms. The zero-order valence-electron chi connectivity index (χ0n) is 11.7. The normalized spacial score (nSPS) is 10.5. The predicted molar refractivity (Wildman–Crippen MR) is 84.1 cm³/mol. The molecule has 2 aromatic heterocycles. The number of aromatic nitrogens is 2. The predicted octanol–water partition coefficient (Wildman–Crippen LogP) is 3.77. The van der Waals surface area contributed by atoms with Crippen LogP contribution in [0.2, 0.25) is 0 Å². The van der Waals surface area contributed by atoms with Crippen molar-refractivity contribution < 1.29 is 9.47 Å². The van der Waals surface area contributed by atoms with Crippen LogP contribution in [0.25, 0.3) is 11.3 Å². The number of nitrogens with one attached hydrogen (secondary N) is 1. The third kappa shape index (κ3) is 3.25. The number of methoxy groups -OCH3 is 1. The van der Waals surface area contributed by atoms with Gasteiger partial charge in [0.2, 0.25) is 5.88 Å². The number of hydrogen-bond donors (Lipinski definition) is 1. The standard InChI is InChI=1S/C16H16N2O2S/c1-19-15-5-3-2-4-13(15)14-10-16(18-17-14)20-8-6-12-7-9-21-11-12/h2-5,7,9-11H,6,8H2,1H3,(H,17,18). The lowest BCUT2D eigenvalue weighted by Crippen LogP contribution is -2.00. The molecule has 0 unspecified atom stereocenters. The summed E-state index contributed by atoms with van der Waals surface area (Å²) in [7, 11) is 1.66. The van der Waals surface area contributed by atoms with Crippen molar-refractivity contribution in [3.05, 3.63) is 52.7 Å². The summed E-state index contributed by atoms with van der Waals surface area (Å²) in [4.78, 5) is 0. The van der Waals surface area contributed by atoms with E-state index < -0.39 is 0 Å². The highest BCUT2D eigenvalue weighted by molar-refractivity contribution is 7.07. The highest BCUT2D eigenvalue weighted by Crippen LogP contribution is 2.29. The number of nitrogens with zero attached hydrogens (tertiary/aromatic N) is 1. The molecule has 4 nitrogen and oxygen atoms in total. The van der Waals surface area contributed by atoms with E-state index in [0.29, 0.717) is 12.5 Å². The molecule has 0 fully saturated rings. The number of ether oxygens (including phenoxy) is 2. The zero-order chi connectivity index (χ0) is 14.5. The third-order valence-corrected chi connectivity index (χ3v) is 3.90. The summed E-state index contributed by atoms with van der Waals surface area (Å²) in [5.41, 5.74) is 3.15. The Morgan fingerprint density at radius 2 is 2.14 bits per heavy atom. The second-order valence-corrected chi connectivity index (χ2v) is 5.33. The van der Waals surface area contributed by atoms with Crippen molar-refractivity contribution in [1.29, 1.82) is 0 Å². The van der Waals surface area contributed by atoms with E-state index in [2.05, 4.69) is 27.0 Å². The lowest BCUT2D eigenvalue weighted by molar-refractivity contribution is 0.309. The van der Waals surface area contributed by atoms with Gasteiger partial charge in [-0.05, 0) is 34.5 Å². The van der Waals surface area contributed by atoms with Crippen molar-refractivity contribution in [3.8, 4) is 22.9 Å². The SMILES string of the molecule is COc1ccccc1-c1cc(OCCc2ccsc2)n[nH]1. The number of para-hydroxylation sites is 1. The van der Waals surface area contributed by atoms with Crippen LogP contribution < -0.4 is 9.47 Å². The van der Waals surface area contributed by atoms with Crippen LogP contribution in [-0.4, -0.2) is 23.9 Å². The van der Waals surface area contributed by atoms with Gasteiger partial charge in [-0.15, -0.1) is 5.10 Å². The Morgan fingerprint density at radius 3 is 2.95 bits per heavy atom. The van der Waals surface area contributed by atoms with E-state index in [-0.39, 0.29) is 0 Å². The number of benzene rings is 1. The summed E-state index contributed by atoms with van der Waals surface area (Å²) >= 11 is 1.70. The molecule has 3 rings (SSSR count). The molecule has 0 radical (unpaired) electrons. The first kappa shape index (κ1) is 13.7. The molecule has 5 heteroatoms. The maximum Gasteiger partial charge on any atom is 0.233 e. The molecule has 0 saturated heterocycles. The Bertz CT molecular complexity index is 692. The lowest BCUT2D eigenvalue weighted by atomic mass is 10.1. The number of thiophene rings is 1. The summed E-state index contributed by atoms with van der Waals surface area (Å²) in [6, 6.07) is 11.8. The van der Waals surface area contributed by atoms with Crippen molar-refractivity contribution in [1.82, 2.24) is 10.2 Å². The molecule has 1 aromatic carbocycles. The van der Waals surface area contributed by atoms with Crippen molar-refractivity contribution in [3.63, 3.8) is 0 Å². The molecule has 1 N–H and O–H groups in total. The van der Waals surface area contributed by atoms with Crippen LogP contribution in [0.15, 0.2) is 47.2 Å². The summed E-state index contributed by atoms with van der Waals surface area (Å²) in [5, 5.41) is 11.4.